The summed E-state index contributed by atoms with van der Waals surface area (Å²) in [5.74, 6) is -3.14. The van der Waals surface area contributed by atoms with E-state index < -0.39 is 39.9 Å². The van der Waals surface area contributed by atoms with Gasteiger partial charge in [0, 0.05) is 11.8 Å². The topological polar surface area (TPSA) is 75.7 Å². The summed E-state index contributed by atoms with van der Waals surface area (Å²) in [6.45, 7) is -0.738. The Kier molecular flexibility index (Phi) is 6.50. The number of rotatable bonds is 7. The lowest BCUT2D eigenvalue weighted by Gasteiger charge is -2.25. The van der Waals surface area contributed by atoms with E-state index in [9.17, 15) is 26.4 Å². The van der Waals surface area contributed by atoms with Crippen molar-refractivity contribution in [1.82, 2.24) is 0 Å². The van der Waals surface area contributed by atoms with E-state index in [4.69, 9.17) is 4.74 Å². The van der Waals surface area contributed by atoms with Gasteiger partial charge in [-0.15, -0.1) is 0 Å². The van der Waals surface area contributed by atoms with Crippen LogP contribution in [0.15, 0.2) is 71.6 Å². The van der Waals surface area contributed by atoms with Crippen molar-refractivity contribution in [3.63, 3.8) is 0 Å². The van der Waals surface area contributed by atoms with Crippen molar-refractivity contribution >= 4 is 27.3 Å². The molecule has 3 aromatic rings. The Hall–Kier alpha value is -3.53. The Balaban J connectivity index is 1.99. The predicted molar refractivity (Wildman–Crippen MR) is 109 cm³/mol. The lowest BCUT2D eigenvalue weighted by molar-refractivity contribution is -0.114. The number of halogens is 3. The molecule has 0 aliphatic heterocycles. The van der Waals surface area contributed by atoms with Crippen LogP contribution in [0.2, 0.25) is 0 Å². The van der Waals surface area contributed by atoms with Crippen molar-refractivity contribution in [2.45, 2.75) is 4.90 Å². The molecular weight excluding hydrogens is 433 g/mol. The minimum atomic E-state index is -4.33. The van der Waals surface area contributed by atoms with Crippen LogP contribution in [0.1, 0.15) is 0 Å². The number of nitrogens with one attached hydrogen (secondary N) is 1. The number of hydrogen-bond acceptors (Lipinski definition) is 4. The van der Waals surface area contributed by atoms with Gasteiger partial charge in [0.2, 0.25) is 5.91 Å². The van der Waals surface area contributed by atoms with Gasteiger partial charge in [-0.25, -0.2) is 21.6 Å². The van der Waals surface area contributed by atoms with Crippen molar-refractivity contribution < 1.29 is 31.1 Å². The number of anilines is 2. The maximum atomic E-state index is 13.4. The van der Waals surface area contributed by atoms with Crippen LogP contribution in [-0.4, -0.2) is 28.0 Å². The van der Waals surface area contributed by atoms with Crippen LogP contribution >= 0.6 is 0 Å². The molecule has 0 heterocycles. The highest BCUT2D eigenvalue weighted by atomic mass is 32.2. The molecule has 0 saturated carbocycles. The standard InChI is InChI=1S/C21H17F3N2O4S/c1-30-20-5-3-2-4-19(20)26(31(28,29)18-8-6-14(22)7-9-18)13-21(27)25-17-11-15(23)10-16(24)12-17/h2-12H,13H2,1H3,(H,25,27). The minimum Gasteiger partial charge on any atom is -0.495 e. The first-order valence-corrected chi connectivity index (χ1v) is 10.3. The van der Waals surface area contributed by atoms with E-state index in [2.05, 4.69) is 5.32 Å². The Morgan fingerprint density at radius 3 is 2.16 bits per heavy atom. The zero-order valence-corrected chi connectivity index (χ0v) is 17.0. The Bertz CT molecular complexity index is 1180. The highest BCUT2D eigenvalue weighted by molar-refractivity contribution is 7.92. The zero-order valence-electron chi connectivity index (χ0n) is 16.2. The molecule has 0 bridgehead atoms. The first kappa shape index (κ1) is 22.2. The van der Waals surface area contributed by atoms with Crippen LogP contribution in [0.3, 0.4) is 0 Å². The second-order valence-electron chi connectivity index (χ2n) is 6.34. The van der Waals surface area contributed by atoms with Gasteiger partial charge in [-0.1, -0.05) is 12.1 Å². The van der Waals surface area contributed by atoms with E-state index in [0.29, 0.717) is 6.07 Å². The van der Waals surface area contributed by atoms with E-state index in [0.717, 1.165) is 40.7 Å². The van der Waals surface area contributed by atoms with E-state index in [1.807, 2.05) is 0 Å². The average molecular weight is 450 g/mol. The first-order chi connectivity index (χ1) is 14.7. The van der Waals surface area contributed by atoms with Crippen molar-refractivity contribution in [3.05, 3.63) is 84.2 Å². The van der Waals surface area contributed by atoms with Crippen LogP contribution in [0.25, 0.3) is 0 Å². The van der Waals surface area contributed by atoms with Crippen molar-refractivity contribution in [1.29, 1.82) is 0 Å². The molecule has 0 radical (unpaired) electrons. The van der Waals surface area contributed by atoms with Crippen molar-refractivity contribution in [3.8, 4) is 5.75 Å². The third kappa shape index (κ3) is 5.15. The molecule has 10 heteroatoms. The number of carbonyl (C=O) groups excluding carboxylic acids is 1. The predicted octanol–water partition coefficient (Wildman–Crippen LogP) is 3.95. The van der Waals surface area contributed by atoms with Crippen molar-refractivity contribution in [2.75, 3.05) is 23.3 Å². The average Bonchev–Trinajstić information content (AvgIpc) is 2.71. The van der Waals surface area contributed by atoms with Crippen LogP contribution < -0.4 is 14.4 Å². The molecule has 1 N–H and O–H groups in total. The number of ether oxygens (including phenoxy) is 1. The summed E-state index contributed by atoms with van der Waals surface area (Å²) in [6.07, 6.45) is 0. The number of carbonyl (C=O) groups is 1. The summed E-state index contributed by atoms with van der Waals surface area (Å²) in [5, 5.41) is 2.27. The van der Waals surface area contributed by atoms with Gasteiger partial charge in [0.25, 0.3) is 10.0 Å². The molecule has 162 valence electrons. The van der Waals surface area contributed by atoms with E-state index in [1.165, 1.54) is 19.2 Å². The summed E-state index contributed by atoms with van der Waals surface area (Å²) in [5.41, 5.74) is -0.128. The summed E-state index contributed by atoms with van der Waals surface area (Å²) in [7, 11) is -3.00. The molecule has 6 nitrogen and oxygen atoms in total. The number of amides is 1. The normalized spacial score (nSPS) is 11.1. The third-order valence-corrected chi connectivity index (χ3v) is 5.96. The fourth-order valence-corrected chi connectivity index (χ4v) is 4.26. The monoisotopic (exact) mass is 450 g/mol. The fourth-order valence-electron chi connectivity index (χ4n) is 2.83. The Morgan fingerprint density at radius 2 is 1.55 bits per heavy atom. The number of benzene rings is 3. The number of methoxy groups -OCH3 is 1. The van der Waals surface area contributed by atoms with Crippen LogP contribution in [0.4, 0.5) is 24.5 Å². The Labute approximate surface area is 176 Å². The van der Waals surface area contributed by atoms with Crippen LogP contribution in [0.5, 0.6) is 5.75 Å². The van der Waals surface area contributed by atoms with Gasteiger partial charge in [-0.05, 0) is 48.5 Å². The Morgan fingerprint density at radius 1 is 0.935 bits per heavy atom. The SMILES string of the molecule is COc1ccccc1N(CC(=O)Nc1cc(F)cc(F)c1)S(=O)(=O)c1ccc(F)cc1. The summed E-state index contributed by atoms with van der Waals surface area (Å²) < 4.78 is 72.6. The van der Waals surface area contributed by atoms with Gasteiger partial charge >= 0.3 is 0 Å². The maximum absolute atomic E-state index is 13.4. The molecule has 1 amide bonds. The van der Waals surface area contributed by atoms with E-state index in [1.54, 1.807) is 12.1 Å². The van der Waals surface area contributed by atoms with Crippen molar-refractivity contribution in [2.24, 2.45) is 0 Å². The molecule has 0 aromatic heterocycles. The number of para-hydroxylation sites is 2. The van der Waals surface area contributed by atoms with Gasteiger partial charge in [0.05, 0.1) is 17.7 Å². The highest BCUT2D eigenvalue weighted by Gasteiger charge is 2.29. The van der Waals surface area contributed by atoms with Crippen LogP contribution in [0, 0.1) is 17.5 Å². The molecule has 31 heavy (non-hydrogen) atoms. The van der Waals surface area contributed by atoms with Gasteiger partial charge < -0.3 is 10.1 Å². The molecule has 3 aromatic carbocycles. The lowest BCUT2D eigenvalue weighted by atomic mass is 10.3. The summed E-state index contributed by atoms with van der Waals surface area (Å²) in [4.78, 5) is 12.3. The molecular formula is C21H17F3N2O4S. The van der Waals surface area contributed by atoms with E-state index in [-0.39, 0.29) is 22.0 Å². The maximum Gasteiger partial charge on any atom is 0.264 e. The lowest BCUT2D eigenvalue weighted by Crippen LogP contribution is -2.38. The zero-order chi connectivity index (χ0) is 22.6. The number of hydrogen-bond donors (Lipinski definition) is 1. The van der Waals surface area contributed by atoms with Crippen LogP contribution in [-0.2, 0) is 14.8 Å². The quantitative estimate of drug-likeness (QED) is 0.592. The second kappa shape index (κ2) is 9.09. The van der Waals surface area contributed by atoms with E-state index >= 15 is 0 Å². The minimum absolute atomic E-state index is 0.0508. The van der Waals surface area contributed by atoms with Gasteiger partial charge in [-0.2, -0.15) is 0 Å². The van der Waals surface area contributed by atoms with Gasteiger partial charge in [0.1, 0.15) is 29.7 Å². The molecule has 3 rings (SSSR count). The number of nitrogens with zero attached hydrogens (tertiary/aromatic N) is 1. The summed E-state index contributed by atoms with van der Waals surface area (Å²) >= 11 is 0. The molecule has 0 atom stereocenters. The fraction of sp³-hybridized carbons (Fsp3) is 0.0952. The van der Waals surface area contributed by atoms with Gasteiger partial charge in [-0.3, -0.25) is 9.10 Å². The number of sulfonamides is 1. The summed E-state index contributed by atoms with van der Waals surface area (Å²) in [6, 6.07) is 12.6. The molecule has 0 unspecified atom stereocenters. The highest BCUT2D eigenvalue weighted by Crippen LogP contribution is 2.32. The molecule has 0 aliphatic carbocycles. The smallest absolute Gasteiger partial charge is 0.264 e. The molecule has 0 spiro atoms. The second-order valence-corrected chi connectivity index (χ2v) is 8.21. The third-order valence-electron chi connectivity index (χ3n) is 4.19. The van der Waals surface area contributed by atoms with Gasteiger partial charge in [0.15, 0.2) is 0 Å². The molecule has 0 aliphatic rings. The first-order valence-electron chi connectivity index (χ1n) is 8.88. The molecule has 0 fully saturated rings. The molecule has 0 saturated heterocycles. The largest absolute Gasteiger partial charge is 0.495 e.